The Morgan fingerprint density at radius 3 is 2.95 bits per heavy atom. The molecule has 1 atom stereocenters. The Bertz CT molecular complexity index is 542. The molecule has 0 spiro atoms. The van der Waals surface area contributed by atoms with Crippen LogP contribution >= 0.6 is 0 Å². The summed E-state index contributed by atoms with van der Waals surface area (Å²) in [7, 11) is 1.97. The van der Waals surface area contributed by atoms with E-state index in [4.69, 9.17) is 0 Å². The van der Waals surface area contributed by atoms with Gasteiger partial charge in [0.25, 0.3) is 0 Å². The first-order chi connectivity index (χ1) is 9.24. The lowest BCUT2D eigenvalue weighted by atomic mass is 9.97. The van der Waals surface area contributed by atoms with E-state index in [0.717, 1.165) is 13.1 Å². The van der Waals surface area contributed by atoms with Crippen LogP contribution < -0.4 is 0 Å². The summed E-state index contributed by atoms with van der Waals surface area (Å²) in [5.74, 6) is 0. The normalized spacial score (nSPS) is 20.8. The molecule has 0 amide bonds. The van der Waals surface area contributed by atoms with Gasteiger partial charge in [0, 0.05) is 25.4 Å². The molecule has 19 heavy (non-hydrogen) atoms. The van der Waals surface area contributed by atoms with Crippen LogP contribution in [0.4, 0.5) is 0 Å². The molecule has 3 rings (SSSR count). The van der Waals surface area contributed by atoms with E-state index in [9.17, 15) is 0 Å². The molecule has 0 radical (unpaired) electrons. The number of aryl methyl sites for hydroxylation is 2. The van der Waals surface area contributed by atoms with E-state index in [1.54, 1.807) is 0 Å². The summed E-state index contributed by atoms with van der Waals surface area (Å²) in [5.41, 5.74) is 3.83. The van der Waals surface area contributed by atoms with Crippen molar-refractivity contribution in [3.8, 4) is 0 Å². The van der Waals surface area contributed by atoms with Crippen molar-refractivity contribution in [3.05, 3.63) is 35.4 Å². The molecule has 102 valence electrons. The van der Waals surface area contributed by atoms with Gasteiger partial charge < -0.3 is 0 Å². The number of aromatic amines is 1. The van der Waals surface area contributed by atoms with E-state index in [-0.39, 0.29) is 0 Å². The summed E-state index contributed by atoms with van der Waals surface area (Å²) in [6.07, 6.45) is 9.78. The summed E-state index contributed by atoms with van der Waals surface area (Å²) >= 11 is 0. The summed E-state index contributed by atoms with van der Waals surface area (Å²) in [6, 6.07) is 0.469. The summed E-state index contributed by atoms with van der Waals surface area (Å²) in [6.45, 7) is 4.25. The number of nitrogens with zero attached hydrogens (tertiary/aromatic N) is 4. The lowest BCUT2D eigenvalue weighted by molar-refractivity contribution is 0.136. The third kappa shape index (κ3) is 2.56. The molecule has 1 unspecified atom stereocenters. The Labute approximate surface area is 113 Å². The maximum atomic E-state index is 4.26. The third-order valence-electron chi connectivity index (χ3n) is 3.96. The van der Waals surface area contributed by atoms with Crippen molar-refractivity contribution in [1.82, 2.24) is 24.9 Å². The fourth-order valence-electron chi connectivity index (χ4n) is 2.99. The minimum Gasteiger partial charge on any atom is -0.290 e. The molecule has 2 aromatic rings. The van der Waals surface area contributed by atoms with E-state index < -0.39 is 0 Å². The predicted octanol–water partition coefficient (Wildman–Crippen LogP) is 2.18. The monoisotopic (exact) mass is 259 g/mol. The fraction of sp³-hybridized carbons (Fsp3) is 0.571. The van der Waals surface area contributed by atoms with Crippen molar-refractivity contribution >= 4 is 0 Å². The molecule has 3 heterocycles. The molecule has 2 aromatic heterocycles. The second kappa shape index (κ2) is 5.17. The lowest BCUT2D eigenvalue weighted by Crippen LogP contribution is -2.33. The second-order valence-corrected chi connectivity index (χ2v) is 5.47. The first kappa shape index (κ1) is 12.4. The van der Waals surface area contributed by atoms with Gasteiger partial charge in [-0.15, -0.1) is 0 Å². The number of hydrogen-bond acceptors (Lipinski definition) is 3. The number of hydrogen-bond donors (Lipinski definition) is 1. The Hall–Kier alpha value is -1.62. The van der Waals surface area contributed by atoms with Crippen LogP contribution in [0.5, 0.6) is 0 Å². The van der Waals surface area contributed by atoms with Gasteiger partial charge in [-0.25, -0.2) is 0 Å². The van der Waals surface area contributed by atoms with Crippen molar-refractivity contribution in [2.75, 3.05) is 6.54 Å². The second-order valence-electron chi connectivity index (χ2n) is 5.47. The smallest absolute Gasteiger partial charge is 0.0553 e. The van der Waals surface area contributed by atoms with Crippen molar-refractivity contribution in [2.24, 2.45) is 7.05 Å². The van der Waals surface area contributed by atoms with E-state index in [0.29, 0.717) is 6.04 Å². The fourth-order valence-corrected chi connectivity index (χ4v) is 2.99. The zero-order chi connectivity index (χ0) is 13.2. The summed E-state index contributed by atoms with van der Waals surface area (Å²) in [5, 5.41) is 11.6. The number of nitrogens with one attached hydrogen (secondary N) is 1. The highest BCUT2D eigenvalue weighted by Gasteiger charge is 2.26. The van der Waals surface area contributed by atoms with Gasteiger partial charge in [0.15, 0.2) is 0 Å². The number of aromatic nitrogens is 4. The number of rotatable bonds is 3. The molecule has 1 fully saturated rings. The van der Waals surface area contributed by atoms with E-state index >= 15 is 0 Å². The zero-order valence-electron chi connectivity index (χ0n) is 11.6. The highest BCUT2D eigenvalue weighted by molar-refractivity contribution is 5.19. The van der Waals surface area contributed by atoms with Crippen LogP contribution in [0.1, 0.15) is 42.1 Å². The summed E-state index contributed by atoms with van der Waals surface area (Å²) < 4.78 is 1.87. The average Bonchev–Trinajstić information content (AvgIpc) is 2.99. The molecule has 1 N–H and O–H groups in total. The van der Waals surface area contributed by atoms with Crippen LogP contribution in [0.15, 0.2) is 18.6 Å². The van der Waals surface area contributed by atoms with Gasteiger partial charge in [-0.1, -0.05) is 6.42 Å². The van der Waals surface area contributed by atoms with Crippen LogP contribution in [-0.2, 0) is 13.6 Å². The predicted molar refractivity (Wildman–Crippen MR) is 73.5 cm³/mol. The van der Waals surface area contributed by atoms with E-state index in [2.05, 4.69) is 33.3 Å². The minimum absolute atomic E-state index is 0.469. The molecule has 1 saturated heterocycles. The van der Waals surface area contributed by atoms with Crippen molar-refractivity contribution in [3.63, 3.8) is 0 Å². The molecular formula is C14H21N5. The van der Waals surface area contributed by atoms with Crippen LogP contribution in [0.25, 0.3) is 0 Å². The van der Waals surface area contributed by atoms with E-state index in [1.807, 2.05) is 24.1 Å². The van der Waals surface area contributed by atoms with Crippen LogP contribution in [-0.4, -0.2) is 31.4 Å². The van der Waals surface area contributed by atoms with Gasteiger partial charge in [-0.2, -0.15) is 10.2 Å². The van der Waals surface area contributed by atoms with Crippen molar-refractivity contribution in [2.45, 2.75) is 38.8 Å². The lowest BCUT2D eigenvalue weighted by Gasteiger charge is -2.35. The molecule has 0 saturated carbocycles. The number of piperidine rings is 1. The highest BCUT2D eigenvalue weighted by Crippen LogP contribution is 2.32. The number of H-pyrrole nitrogens is 1. The van der Waals surface area contributed by atoms with Crippen molar-refractivity contribution < 1.29 is 0 Å². The molecule has 0 bridgehead atoms. The van der Waals surface area contributed by atoms with Gasteiger partial charge in [-0.05, 0) is 31.9 Å². The van der Waals surface area contributed by atoms with Gasteiger partial charge in [0.2, 0.25) is 0 Å². The first-order valence-electron chi connectivity index (χ1n) is 6.95. The SMILES string of the molecule is Cc1cn[nH]c1C1CCCCN1Cc1cnn(C)c1. The molecular weight excluding hydrogens is 238 g/mol. The van der Waals surface area contributed by atoms with Crippen LogP contribution in [0.3, 0.4) is 0 Å². The molecule has 0 aromatic carbocycles. The maximum absolute atomic E-state index is 4.26. The topological polar surface area (TPSA) is 49.7 Å². The average molecular weight is 259 g/mol. The Morgan fingerprint density at radius 1 is 1.37 bits per heavy atom. The number of likely N-dealkylation sites (tertiary alicyclic amines) is 1. The van der Waals surface area contributed by atoms with Gasteiger partial charge in [0.05, 0.1) is 24.1 Å². The maximum Gasteiger partial charge on any atom is 0.0553 e. The van der Waals surface area contributed by atoms with Crippen LogP contribution in [0.2, 0.25) is 0 Å². The quantitative estimate of drug-likeness (QED) is 0.919. The molecule has 1 aliphatic rings. The van der Waals surface area contributed by atoms with Gasteiger partial charge in [0.1, 0.15) is 0 Å². The third-order valence-corrected chi connectivity index (χ3v) is 3.96. The standard InChI is InChI=1S/C14H21N5/c1-11-7-15-17-14(11)13-5-3-4-6-19(13)10-12-8-16-18(2)9-12/h7-9,13H,3-6,10H2,1-2H3,(H,15,17). The zero-order valence-corrected chi connectivity index (χ0v) is 11.6. The molecule has 5 heteroatoms. The molecule has 1 aliphatic heterocycles. The minimum atomic E-state index is 0.469. The van der Waals surface area contributed by atoms with Crippen molar-refractivity contribution in [1.29, 1.82) is 0 Å². The van der Waals surface area contributed by atoms with Gasteiger partial charge in [-0.3, -0.25) is 14.7 Å². The van der Waals surface area contributed by atoms with E-state index in [1.165, 1.54) is 36.1 Å². The Balaban J connectivity index is 1.79. The van der Waals surface area contributed by atoms with Gasteiger partial charge >= 0.3 is 0 Å². The largest absolute Gasteiger partial charge is 0.290 e. The first-order valence-corrected chi connectivity index (χ1v) is 6.95. The highest BCUT2D eigenvalue weighted by atomic mass is 15.3. The summed E-state index contributed by atoms with van der Waals surface area (Å²) in [4.78, 5) is 2.54. The molecule has 0 aliphatic carbocycles. The molecule has 5 nitrogen and oxygen atoms in total. The van der Waals surface area contributed by atoms with Crippen LogP contribution in [0, 0.1) is 6.92 Å². The Kier molecular flexibility index (Phi) is 3.38. The Morgan fingerprint density at radius 2 is 2.26 bits per heavy atom.